The van der Waals surface area contributed by atoms with Gasteiger partial charge in [-0.25, -0.2) is 4.79 Å². The number of hydrogen-bond acceptors (Lipinski definition) is 5. The van der Waals surface area contributed by atoms with E-state index in [-0.39, 0.29) is 12.5 Å². The molecule has 0 aliphatic rings. The highest BCUT2D eigenvalue weighted by atomic mass is 32.1. The average molecular weight is 372 g/mol. The molecule has 2 aromatic rings. The SMILES string of the molecule is Cc1ccc(/C=C/C(=O)OCC(=O)N(C)Cc2ccc(N(C)C)cc2)s1. The highest BCUT2D eigenvalue weighted by Gasteiger charge is 2.11. The summed E-state index contributed by atoms with van der Waals surface area (Å²) >= 11 is 1.59. The number of ether oxygens (including phenoxy) is 1. The molecule has 0 bridgehead atoms. The van der Waals surface area contributed by atoms with Gasteiger partial charge in [0.05, 0.1) is 0 Å². The van der Waals surface area contributed by atoms with E-state index < -0.39 is 5.97 Å². The molecule has 0 spiro atoms. The third-order valence-corrected chi connectivity index (χ3v) is 4.75. The van der Waals surface area contributed by atoms with Gasteiger partial charge in [-0.15, -0.1) is 11.3 Å². The molecular weight excluding hydrogens is 348 g/mol. The van der Waals surface area contributed by atoms with E-state index >= 15 is 0 Å². The van der Waals surface area contributed by atoms with E-state index in [4.69, 9.17) is 4.74 Å². The zero-order valence-corrected chi connectivity index (χ0v) is 16.4. The summed E-state index contributed by atoms with van der Waals surface area (Å²) in [6, 6.07) is 11.9. The van der Waals surface area contributed by atoms with Crippen molar-refractivity contribution < 1.29 is 14.3 Å². The van der Waals surface area contributed by atoms with Gasteiger partial charge in [0.15, 0.2) is 6.61 Å². The number of aryl methyl sites for hydroxylation is 1. The Morgan fingerprint density at radius 2 is 1.77 bits per heavy atom. The van der Waals surface area contributed by atoms with Crippen molar-refractivity contribution in [3.05, 3.63) is 57.8 Å². The van der Waals surface area contributed by atoms with Gasteiger partial charge in [0.1, 0.15) is 0 Å². The number of amides is 1. The van der Waals surface area contributed by atoms with Crippen LogP contribution >= 0.6 is 11.3 Å². The maximum absolute atomic E-state index is 12.1. The molecular formula is C20H24N2O3S. The highest BCUT2D eigenvalue weighted by Crippen LogP contribution is 2.16. The van der Waals surface area contributed by atoms with Gasteiger partial charge in [0.25, 0.3) is 5.91 Å². The third-order valence-electron chi connectivity index (χ3n) is 3.78. The Balaban J connectivity index is 1.79. The van der Waals surface area contributed by atoms with Crippen LogP contribution in [0.4, 0.5) is 5.69 Å². The van der Waals surface area contributed by atoms with Gasteiger partial charge in [0.2, 0.25) is 0 Å². The van der Waals surface area contributed by atoms with Crippen molar-refractivity contribution in [2.45, 2.75) is 13.5 Å². The molecule has 1 amide bonds. The van der Waals surface area contributed by atoms with E-state index in [1.807, 2.05) is 62.3 Å². The molecule has 1 aromatic heterocycles. The van der Waals surface area contributed by atoms with Crippen LogP contribution in [0.1, 0.15) is 15.3 Å². The second kappa shape index (κ2) is 9.20. The summed E-state index contributed by atoms with van der Waals surface area (Å²) < 4.78 is 5.02. The van der Waals surface area contributed by atoms with Crippen molar-refractivity contribution in [2.75, 3.05) is 32.6 Å². The fourth-order valence-electron chi connectivity index (χ4n) is 2.25. The zero-order chi connectivity index (χ0) is 19.1. The lowest BCUT2D eigenvalue weighted by Crippen LogP contribution is -2.30. The monoisotopic (exact) mass is 372 g/mol. The molecule has 0 unspecified atom stereocenters. The first-order valence-electron chi connectivity index (χ1n) is 8.26. The molecule has 1 heterocycles. The Kier molecular flexibility index (Phi) is 6.97. The van der Waals surface area contributed by atoms with Crippen molar-refractivity contribution in [3.8, 4) is 0 Å². The van der Waals surface area contributed by atoms with Gasteiger partial charge in [-0.05, 0) is 42.8 Å². The van der Waals surface area contributed by atoms with Crippen LogP contribution in [0.2, 0.25) is 0 Å². The number of carbonyl (C=O) groups is 2. The summed E-state index contributed by atoms with van der Waals surface area (Å²) in [4.78, 5) is 29.6. The van der Waals surface area contributed by atoms with Crippen molar-refractivity contribution in [1.29, 1.82) is 0 Å². The van der Waals surface area contributed by atoms with E-state index in [1.54, 1.807) is 29.4 Å². The number of rotatable bonds is 7. The molecule has 138 valence electrons. The Morgan fingerprint density at radius 3 is 2.35 bits per heavy atom. The van der Waals surface area contributed by atoms with Crippen LogP contribution in [0.25, 0.3) is 6.08 Å². The number of thiophene rings is 1. The fraction of sp³-hybridized carbons (Fsp3) is 0.300. The summed E-state index contributed by atoms with van der Waals surface area (Å²) in [7, 11) is 5.65. The molecule has 0 aliphatic heterocycles. The van der Waals surface area contributed by atoms with Crippen LogP contribution in [-0.2, 0) is 20.9 Å². The largest absolute Gasteiger partial charge is 0.452 e. The topological polar surface area (TPSA) is 49.9 Å². The molecule has 0 atom stereocenters. The minimum Gasteiger partial charge on any atom is -0.452 e. The van der Waals surface area contributed by atoms with E-state index in [9.17, 15) is 9.59 Å². The Bertz CT molecular complexity index is 779. The molecule has 0 N–H and O–H groups in total. The van der Waals surface area contributed by atoms with Crippen molar-refractivity contribution in [2.24, 2.45) is 0 Å². The standard InChI is InChI=1S/C20H24N2O3S/c1-15-5-10-18(26-15)11-12-20(24)25-14-19(23)22(4)13-16-6-8-17(9-7-16)21(2)3/h5-12H,13-14H2,1-4H3/b12-11+. The Labute approximate surface area is 158 Å². The molecule has 0 radical (unpaired) electrons. The predicted octanol–water partition coefficient (Wildman–Crippen LogP) is 3.34. The predicted molar refractivity (Wildman–Crippen MR) is 106 cm³/mol. The molecule has 0 saturated carbocycles. The molecule has 26 heavy (non-hydrogen) atoms. The first-order valence-corrected chi connectivity index (χ1v) is 9.08. The normalized spacial score (nSPS) is 10.8. The number of benzene rings is 1. The first kappa shape index (κ1) is 19.7. The fourth-order valence-corrected chi connectivity index (χ4v) is 3.03. The molecule has 0 fully saturated rings. The number of nitrogens with zero attached hydrogens (tertiary/aromatic N) is 2. The van der Waals surface area contributed by atoms with E-state index in [0.29, 0.717) is 6.54 Å². The van der Waals surface area contributed by atoms with Gasteiger partial charge in [-0.2, -0.15) is 0 Å². The minimum atomic E-state index is -0.520. The molecule has 6 heteroatoms. The third kappa shape index (κ3) is 6.04. The molecule has 0 saturated heterocycles. The van der Waals surface area contributed by atoms with Crippen LogP contribution in [0.5, 0.6) is 0 Å². The quantitative estimate of drug-likeness (QED) is 0.553. The van der Waals surface area contributed by atoms with Gasteiger partial charge in [0, 0.05) is 49.2 Å². The summed E-state index contributed by atoms with van der Waals surface area (Å²) in [5, 5.41) is 0. The second-order valence-electron chi connectivity index (χ2n) is 6.20. The number of likely N-dealkylation sites (N-methyl/N-ethyl adjacent to an activating group) is 1. The number of carbonyl (C=O) groups excluding carboxylic acids is 2. The number of esters is 1. The van der Waals surface area contributed by atoms with Gasteiger partial charge in [-0.3, -0.25) is 4.79 Å². The zero-order valence-electron chi connectivity index (χ0n) is 15.6. The van der Waals surface area contributed by atoms with Crippen LogP contribution in [0, 0.1) is 6.92 Å². The minimum absolute atomic E-state index is 0.240. The lowest BCUT2D eigenvalue weighted by molar-refractivity contribution is -0.147. The average Bonchev–Trinajstić information content (AvgIpc) is 3.03. The van der Waals surface area contributed by atoms with Crippen LogP contribution in [-0.4, -0.2) is 44.5 Å². The lowest BCUT2D eigenvalue weighted by atomic mass is 10.2. The first-order chi connectivity index (χ1) is 12.3. The van der Waals surface area contributed by atoms with E-state index in [0.717, 1.165) is 16.1 Å². The van der Waals surface area contributed by atoms with Gasteiger partial charge < -0.3 is 14.5 Å². The molecule has 5 nitrogen and oxygen atoms in total. The maximum atomic E-state index is 12.1. The second-order valence-corrected chi connectivity index (χ2v) is 7.52. The summed E-state index contributed by atoms with van der Waals surface area (Å²) in [6.45, 7) is 2.20. The van der Waals surface area contributed by atoms with E-state index in [1.165, 1.54) is 11.0 Å². The van der Waals surface area contributed by atoms with Crippen molar-refractivity contribution in [1.82, 2.24) is 4.90 Å². The molecule has 1 aromatic carbocycles. The van der Waals surface area contributed by atoms with E-state index in [2.05, 4.69) is 0 Å². The van der Waals surface area contributed by atoms with Crippen molar-refractivity contribution in [3.63, 3.8) is 0 Å². The Morgan fingerprint density at radius 1 is 1.08 bits per heavy atom. The summed E-state index contributed by atoms with van der Waals surface area (Å²) in [5.41, 5.74) is 2.12. The van der Waals surface area contributed by atoms with Crippen LogP contribution in [0.15, 0.2) is 42.5 Å². The Hall–Kier alpha value is -2.60. The van der Waals surface area contributed by atoms with Crippen LogP contribution < -0.4 is 4.90 Å². The number of hydrogen-bond donors (Lipinski definition) is 0. The van der Waals surface area contributed by atoms with Crippen molar-refractivity contribution >= 4 is 35.0 Å². The van der Waals surface area contributed by atoms with Crippen LogP contribution in [0.3, 0.4) is 0 Å². The summed E-state index contributed by atoms with van der Waals surface area (Å²) in [5.74, 6) is -0.761. The lowest BCUT2D eigenvalue weighted by Gasteiger charge is -2.18. The highest BCUT2D eigenvalue weighted by molar-refractivity contribution is 7.12. The maximum Gasteiger partial charge on any atom is 0.331 e. The molecule has 2 rings (SSSR count). The van der Waals surface area contributed by atoms with Gasteiger partial charge in [-0.1, -0.05) is 12.1 Å². The smallest absolute Gasteiger partial charge is 0.331 e. The number of anilines is 1. The molecule has 0 aliphatic carbocycles. The van der Waals surface area contributed by atoms with Gasteiger partial charge >= 0.3 is 5.97 Å². The summed E-state index contributed by atoms with van der Waals surface area (Å²) in [6.07, 6.45) is 3.04.